The zero-order valence-electron chi connectivity index (χ0n) is 79.6. The fourth-order valence-corrected chi connectivity index (χ4v) is 21.1. The van der Waals surface area contributed by atoms with Crippen LogP contribution in [0.5, 0.6) is 0 Å². The van der Waals surface area contributed by atoms with Gasteiger partial charge in [0.25, 0.3) is 0 Å². The van der Waals surface area contributed by atoms with Gasteiger partial charge in [0.2, 0.25) is 0 Å². The SMILES string of the molecule is C=[N-].C=[N-].CC=C1C(=O)C[C@H]2[C@@H]3CC=C4C[C@@H](O[Si](C)(C)C(C)(C)C)CC[C@]4(C)[C@H]3CC[C@]12C.CO/C(=C\CC(C)C)C(C)C1C(=O)C[C@H]2[C@@H]3CC=C4C[C@@H](O[Si](C)(C)C(C)(C)C)CC[C@]4(C)[C@H]3CC[C@]12C.CO/C(Br)=C\CC(C)C.CO/C(C)=C\CC(C)C.CO/C(C)=C\CC(C)C.COC#CCC(C)C.[Cu+].[Cu+].[Li].[Li].[Li].[Li]. The molecule has 0 aromatic heterocycles. The van der Waals surface area contributed by atoms with Crippen molar-refractivity contribution >= 4 is 133 Å². The normalized spacial score (nSPS) is 28.1. The van der Waals surface area contributed by atoms with E-state index in [-0.39, 0.29) is 148 Å². The molecule has 8 aliphatic carbocycles. The molecule has 8 rings (SSSR count). The second kappa shape index (κ2) is 57.2. The zero-order chi connectivity index (χ0) is 82.6. The summed E-state index contributed by atoms with van der Waals surface area (Å²) in [5, 5.41) is 14.0. The molecule has 0 heterocycles. The Morgan fingerprint density at radius 2 is 0.920 bits per heavy atom. The van der Waals surface area contributed by atoms with Crippen LogP contribution in [0.4, 0.5) is 0 Å². The van der Waals surface area contributed by atoms with Gasteiger partial charge in [0.05, 0.1) is 52.8 Å². The molecule has 8 aliphatic rings. The van der Waals surface area contributed by atoms with E-state index in [9.17, 15) is 9.59 Å². The van der Waals surface area contributed by atoms with Crippen LogP contribution in [0, 0.1) is 111 Å². The summed E-state index contributed by atoms with van der Waals surface area (Å²) in [5.41, 5.74) is 5.29. The number of ketones is 2. The number of carbonyl (C=O) groups is 2. The van der Waals surface area contributed by atoms with E-state index < -0.39 is 16.6 Å². The molecule has 113 heavy (non-hydrogen) atoms. The number of fused-ring (bicyclic) bond motifs is 10. The summed E-state index contributed by atoms with van der Waals surface area (Å²) >= 11 is 3.24. The second-order valence-corrected chi connectivity index (χ2v) is 48.7. The number of Topliss-reactive ketones (excluding diaryl/α,β-unsaturated/α-hetero) is 2. The molecule has 0 bridgehead atoms. The molecule has 0 N–H and O–H groups in total. The van der Waals surface area contributed by atoms with Crippen molar-refractivity contribution in [1.82, 2.24) is 0 Å². The van der Waals surface area contributed by atoms with Gasteiger partial charge in [-0.1, -0.05) is 181 Å². The first-order chi connectivity index (χ1) is 49.6. The summed E-state index contributed by atoms with van der Waals surface area (Å²) in [6.45, 7) is 68.3. The van der Waals surface area contributed by atoms with E-state index in [0.717, 1.165) is 109 Å². The molecule has 6 fully saturated rings. The summed E-state index contributed by atoms with van der Waals surface area (Å²) in [6, 6.07) is 0. The smallest absolute Gasteiger partial charge is 0.817 e. The molecule has 0 amide bonds. The average molecular weight is 1740 g/mol. The predicted molar refractivity (Wildman–Crippen MR) is 491 cm³/mol. The molecule has 0 aromatic carbocycles. The van der Waals surface area contributed by atoms with E-state index in [2.05, 4.69) is 261 Å². The van der Waals surface area contributed by atoms with Crippen molar-refractivity contribution in [2.75, 3.05) is 35.5 Å². The third kappa shape index (κ3) is 36.2. The fourth-order valence-electron chi connectivity index (χ4n) is 18.1. The van der Waals surface area contributed by atoms with Gasteiger partial charge in [-0.05, 0) is 292 Å². The molecule has 0 saturated heterocycles. The first-order valence-electron chi connectivity index (χ1n) is 41.3. The first kappa shape index (κ1) is 123. The van der Waals surface area contributed by atoms with Crippen molar-refractivity contribution in [3.8, 4) is 12.0 Å². The Kier molecular flexibility index (Phi) is 62.5. The molecular formula is C93H163BrCu2Li4N2O9Si2. The Morgan fingerprint density at radius 3 is 1.27 bits per heavy atom. The Labute approximate surface area is 776 Å². The largest absolute Gasteiger partial charge is 1.00 e. The summed E-state index contributed by atoms with van der Waals surface area (Å²) < 4.78 is 39.8. The number of hydrogen-bond donors (Lipinski definition) is 0. The molecule has 11 nitrogen and oxygen atoms in total. The second-order valence-electron chi connectivity index (χ2n) is 38.4. The molecule has 2 unspecified atom stereocenters. The predicted octanol–water partition coefficient (Wildman–Crippen LogP) is 25.5. The van der Waals surface area contributed by atoms with Gasteiger partial charge in [0.1, 0.15) is 11.9 Å². The summed E-state index contributed by atoms with van der Waals surface area (Å²) in [6.07, 6.45) is 40.3. The molecule has 0 spiro atoms. The van der Waals surface area contributed by atoms with E-state index in [1.165, 1.54) is 57.8 Å². The van der Waals surface area contributed by atoms with Gasteiger partial charge in [-0.15, -0.1) is 0 Å². The van der Waals surface area contributed by atoms with E-state index in [0.29, 0.717) is 76.5 Å². The minimum atomic E-state index is -1.77. The number of halogens is 1. The van der Waals surface area contributed by atoms with Crippen LogP contribution in [0.15, 0.2) is 81.2 Å². The van der Waals surface area contributed by atoms with E-state index >= 15 is 0 Å². The van der Waals surface area contributed by atoms with Gasteiger partial charge < -0.3 is 43.4 Å². The minimum Gasteiger partial charge on any atom is -0.817 e. The Hall–Kier alpha value is -0.318. The van der Waals surface area contributed by atoms with Gasteiger partial charge in [-0.2, -0.15) is 0 Å². The third-order valence-electron chi connectivity index (χ3n) is 26.6. The molecule has 20 heteroatoms. The van der Waals surface area contributed by atoms with Crippen molar-refractivity contribution in [1.29, 1.82) is 0 Å². The van der Waals surface area contributed by atoms with Crippen LogP contribution in [-0.2, 0) is 76.3 Å². The maximum Gasteiger partial charge on any atom is 1.00 e. The number of carbonyl (C=O) groups excluding carboxylic acids is 2. The number of ether oxygens (including phenoxy) is 5. The molecule has 0 aliphatic heterocycles. The number of methoxy groups -OCH3 is 5. The van der Waals surface area contributed by atoms with Crippen LogP contribution in [0.25, 0.3) is 10.8 Å². The zero-order valence-corrected chi connectivity index (χ0v) is 85.1. The first-order valence-corrected chi connectivity index (χ1v) is 47.9. The summed E-state index contributed by atoms with van der Waals surface area (Å²) in [7, 11) is 4.93. The van der Waals surface area contributed by atoms with Gasteiger partial charge >= 0.3 is 34.1 Å². The van der Waals surface area contributed by atoms with Crippen molar-refractivity contribution in [3.05, 3.63) is 92.0 Å². The number of hydrogen-bond acceptors (Lipinski definition) is 9. The van der Waals surface area contributed by atoms with Gasteiger partial charge in [-0.3, -0.25) is 9.59 Å². The van der Waals surface area contributed by atoms with Gasteiger partial charge in [0, 0.05) is 119 Å². The van der Waals surface area contributed by atoms with Crippen molar-refractivity contribution < 1.29 is 76.3 Å². The van der Waals surface area contributed by atoms with Crippen molar-refractivity contribution in [2.24, 2.45) is 98.6 Å². The number of allylic oxidation sites excluding steroid dienone is 11. The van der Waals surface area contributed by atoms with Gasteiger partial charge in [-0.25, -0.2) is 13.4 Å². The van der Waals surface area contributed by atoms with Crippen LogP contribution >= 0.6 is 15.9 Å². The summed E-state index contributed by atoms with van der Waals surface area (Å²) in [4.78, 5) is 26.5. The molecule has 6 saturated carbocycles. The van der Waals surface area contributed by atoms with Crippen LogP contribution in [0.2, 0.25) is 36.3 Å². The van der Waals surface area contributed by atoms with Gasteiger partial charge in [0.15, 0.2) is 27.1 Å². The Morgan fingerprint density at radius 1 is 0.540 bits per heavy atom. The van der Waals surface area contributed by atoms with E-state index in [4.69, 9.17) is 38.6 Å². The maximum atomic E-state index is 13.7. The molecule has 640 valence electrons. The maximum absolute atomic E-state index is 13.7. The quantitative estimate of drug-likeness (QED) is 0.0308. The topological polar surface area (TPSA) is 143 Å². The van der Waals surface area contributed by atoms with Crippen LogP contribution in [0.3, 0.4) is 0 Å². The minimum absolute atomic E-state index is 0. The van der Waals surface area contributed by atoms with E-state index in [1.807, 2.05) is 19.9 Å². The van der Waals surface area contributed by atoms with Crippen molar-refractivity contribution in [3.63, 3.8) is 0 Å². The van der Waals surface area contributed by atoms with Crippen LogP contribution in [-0.4, -0.2) is 165 Å². The molecule has 4 radical (unpaired) electrons. The fraction of sp³-hybridized carbons (Fsp3) is 0.785. The number of nitrogens with zero attached hydrogens (tertiary/aromatic N) is 2. The van der Waals surface area contributed by atoms with Crippen molar-refractivity contribution in [2.45, 2.75) is 337 Å². The number of rotatable bonds is 19. The molecular weight excluding hydrogens is 1580 g/mol. The van der Waals surface area contributed by atoms with Crippen LogP contribution < -0.4 is 0 Å². The standard InChI is InChI=1S/C34H58O3Si.C27H44O2Si.2C8H16O.C7H13BrO.C7H12O.2CH2N.2Cu.4Li/c1-22(2)12-15-30(36-9)23(3)31-29(35)21-28-26-14-13-24-20-25(37-38(10,11)32(4,5)6)16-18-33(24,7)27(26)17-19-34(28,31)8;1-9-21-24(28)17-23-20-11-10-18-16-19(29-30(7,8)25(2,3)4)12-14-26(18,5)22(20)13-15-27(21,23)6;2*1-7(2)5-6-8(3)9-4;1-6(2)4-5-7(8)9-3;1-7(2)5-4-6-8-3;2*1-2;;;;;;/h13,15,22-23,25-28,31H,12,14,16-21H2,1-11H3;9-10,19-20,22-23H,11-17H2,1-8H3;2*6-7H,5H2,1-4H3;5-6H,4H2,1-3H3;7H,5H2,1-3H3;2*1H2;;;;;;/q;;;;;;2*-1;2*+1;;;;/b30-15-;;2*8-6-;7-5-;;;;;;;;;/t23?,25-,26+,27-,28-,31?,33-,34-;19-,20+,22-,23-,26-,27+;;;;;;;;;;;;/m00............/s1. The van der Waals surface area contributed by atoms with Crippen LogP contribution in [0.1, 0.15) is 288 Å². The molecule has 14 atom stereocenters. The van der Waals surface area contributed by atoms with E-state index in [1.54, 1.807) is 46.7 Å². The Balaban J connectivity index is -0.000000337. The average Bonchev–Trinajstić information content (AvgIpc) is 1.65. The third-order valence-corrected chi connectivity index (χ3v) is 36.3. The summed E-state index contributed by atoms with van der Waals surface area (Å²) in [5.74, 6) is 14.3. The molecule has 0 aromatic rings. The monoisotopic (exact) mass is 1740 g/mol. The Bertz CT molecular complexity index is 2980.